The molecule has 1 aromatic rings. The van der Waals surface area contributed by atoms with Crippen molar-refractivity contribution in [3.8, 4) is 0 Å². The van der Waals surface area contributed by atoms with Gasteiger partial charge in [-0.25, -0.2) is 0 Å². The van der Waals surface area contributed by atoms with Crippen LogP contribution in [0.1, 0.15) is 0 Å². The largest absolute Gasteiger partial charge is 3.00 e. The molecule has 0 aliphatic carbocycles. The Morgan fingerprint density at radius 1 is 1.09 bits per heavy atom. The Hall–Kier alpha value is -0.0905. The molecule has 0 aliphatic rings. The molecule has 0 amide bonds. The number of aromatic amines is 1. The average Bonchev–Trinajstić information content (AvgIpc) is 2.07. The quantitative estimate of drug-likeness (QED) is 0.409. The minimum atomic E-state index is -5.39. The maximum Gasteiger partial charge on any atom is 3.00 e. The first-order valence-corrected chi connectivity index (χ1v) is 3.77. The number of phosphoric acid groups is 1. The van der Waals surface area contributed by atoms with Crippen LogP contribution < -0.4 is 14.7 Å². The summed E-state index contributed by atoms with van der Waals surface area (Å²) < 4.78 is 8.55. The second-order valence-electron chi connectivity index (χ2n) is 1.33. The first-order valence-electron chi connectivity index (χ1n) is 2.31. The first kappa shape index (κ1) is 13.5. The minimum absolute atomic E-state index is 0. The summed E-state index contributed by atoms with van der Waals surface area (Å²) in [6.07, 6.45) is 3.75. The predicted octanol–water partition coefficient (Wildman–Crippen LogP) is -1.81. The molecule has 1 aromatic heterocycles. The number of nitrogens with one attached hydrogen (secondary N) is 1. The number of rotatable bonds is 0. The van der Waals surface area contributed by atoms with Crippen LogP contribution in [-0.4, -0.2) is 4.98 Å². The van der Waals surface area contributed by atoms with Gasteiger partial charge < -0.3 is 24.2 Å². The van der Waals surface area contributed by atoms with Crippen molar-refractivity contribution in [3.63, 3.8) is 0 Å². The summed E-state index contributed by atoms with van der Waals surface area (Å²) >= 11 is 0. The molecule has 0 saturated carbocycles. The molecular formula is C4H5FeNO4P. The van der Waals surface area contributed by atoms with Crippen molar-refractivity contribution in [1.82, 2.24) is 4.98 Å². The predicted molar refractivity (Wildman–Crippen MR) is 28.4 cm³/mol. The third-order valence-electron chi connectivity index (χ3n) is 0.496. The summed E-state index contributed by atoms with van der Waals surface area (Å²) in [7, 11) is -5.39. The van der Waals surface area contributed by atoms with Gasteiger partial charge in [-0.05, 0) is 12.1 Å². The van der Waals surface area contributed by atoms with Crippen LogP contribution in [0.15, 0.2) is 24.5 Å². The summed E-state index contributed by atoms with van der Waals surface area (Å²) in [5.74, 6) is 0. The van der Waals surface area contributed by atoms with Crippen LogP contribution in [0.3, 0.4) is 0 Å². The van der Waals surface area contributed by atoms with E-state index >= 15 is 0 Å². The van der Waals surface area contributed by atoms with Crippen LogP contribution in [0.2, 0.25) is 0 Å². The molecule has 0 aromatic carbocycles. The molecule has 0 fully saturated rings. The first-order chi connectivity index (χ1) is 4.50. The molecule has 0 unspecified atom stereocenters. The van der Waals surface area contributed by atoms with Crippen molar-refractivity contribution < 1.29 is 36.3 Å². The zero-order valence-electron chi connectivity index (χ0n) is 5.24. The van der Waals surface area contributed by atoms with Gasteiger partial charge in [-0.2, -0.15) is 7.82 Å². The molecule has 1 N–H and O–H groups in total. The molecule has 0 spiro atoms. The van der Waals surface area contributed by atoms with Gasteiger partial charge >= 0.3 is 17.1 Å². The number of hydrogen-bond acceptors (Lipinski definition) is 4. The van der Waals surface area contributed by atoms with E-state index in [1.165, 1.54) is 0 Å². The molecule has 1 radical (unpaired) electrons. The zero-order chi connectivity index (χ0) is 8.04. The van der Waals surface area contributed by atoms with Gasteiger partial charge in [-0.1, -0.05) is 0 Å². The van der Waals surface area contributed by atoms with E-state index in [1.807, 2.05) is 24.5 Å². The topological polar surface area (TPSA) is 102 Å². The summed E-state index contributed by atoms with van der Waals surface area (Å²) in [4.78, 5) is 28.5. The van der Waals surface area contributed by atoms with Gasteiger partial charge in [0.1, 0.15) is 0 Å². The standard InChI is InChI=1S/C4H5N.Fe.H3O4P/c1-2-4-5-3-1;;1-5(2,3)4/h1-5H;;(H3,1,2,3,4)/q;+3;/p-3. The van der Waals surface area contributed by atoms with E-state index in [4.69, 9.17) is 19.2 Å². The van der Waals surface area contributed by atoms with Crippen LogP contribution in [-0.2, 0) is 21.6 Å². The average molecular weight is 218 g/mol. The van der Waals surface area contributed by atoms with Gasteiger partial charge in [0.25, 0.3) is 0 Å². The van der Waals surface area contributed by atoms with Crippen molar-refractivity contribution in [1.29, 1.82) is 0 Å². The van der Waals surface area contributed by atoms with Crippen LogP contribution in [0, 0.1) is 0 Å². The summed E-state index contributed by atoms with van der Waals surface area (Å²) in [6, 6.07) is 3.89. The van der Waals surface area contributed by atoms with Gasteiger partial charge in [0.15, 0.2) is 0 Å². The van der Waals surface area contributed by atoms with E-state index in [-0.39, 0.29) is 17.1 Å². The number of hydrogen-bond donors (Lipinski definition) is 1. The third-order valence-corrected chi connectivity index (χ3v) is 0.496. The van der Waals surface area contributed by atoms with E-state index in [0.29, 0.717) is 0 Å². The normalized spacial score (nSPS) is 9.00. The fourth-order valence-corrected chi connectivity index (χ4v) is 0.278. The monoisotopic (exact) mass is 218 g/mol. The van der Waals surface area contributed by atoms with E-state index in [9.17, 15) is 0 Å². The van der Waals surface area contributed by atoms with Crippen LogP contribution in [0.4, 0.5) is 0 Å². The van der Waals surface area contributed by atoms with E-state index in [1.54, 1.807) is 0 Å². The van der Waals surface area contributed by atoms with E-state index < -0.39 is 7.82 Å². The van der Waals surface area contributed by atoms with Gasteiger partial charge in [0, 0.05) is 12.4 Å². The molecule has 7 heteroatoms. The van der Waals surface area contributed by atoms with Gasteiger partial charge in [-0.15, -0.1) is 0 Å². The molecular weight excluding hydrogens is 213 g/mol. The molecule has 0 bridgehead atoms. The molecule has 63 valence electrons. The summed E-state index contributed by atoms with van der Waals surface area (Å²) in [5, 5.41) is 0. The van der Waals surface area contributed by atoms with E-state index in [0.717, 1.165) is 0 Å². The Labute approximate surface area is 74.2 Å². The van der Waals surface area contributed by atoms with Crippen LogP contribution in [0.5, 0.6) is 0 Å². The maximum absolute atomic E-state index is 8.55. The molecule has 0 atom stereocenters. The summed E-state index contributed by atoms with van der Waals surface area (Å²) in [5.41, 5.74) is 0. The van der Waals surface area contributed by atoms with Crippen molar-refractivity contribution in [2.24, 2.45) is 0 Å². The molecule has 0 aliphatic heterocycles. The van der Waals surface area contributed by atoms with Crippen molar-refractivity contribution >= 4 is 7.82 Å². The Morgan fingerprint density at radius 2 is 1.36 bits per heavy atom. The van der Waals surface area contributed by atoms with Crippen molar-refractivity contribution in [2.75, 3.05) is 0 Å². The second-order valence-corrected chi connectivity index (χ2v) is 2.23. The van der Waals surface area contributed by atoms with Gasteiger partial charge in [0.2, 0.25) is 0 Å². The van der Waals surface area contributed by atoms with Crippen molar-refractivity contribution in [2.45, 2.75) is 0 Å². The SMILES string of the molecule is O=P([O-])([O-])[O-].[Fe+3].c1cc[nH]c1. The third kappa shape index (κ3) is 25.7. The molecule has 1 heterocycles. The molecule has 1 rings (SSSR count). The smallest absolute Gasteiger partial charge is 0.822 e. The summed E-state index contributed by atoms with van der Waals surface area (Å²) in [6.45, 7) is 0. The maximum atomic E-state index is 8.55. The Kier molecular flexibility index (Phi) is 8.11. The Bertz CT molecular complexity index is 170. The minimum Gasteiger partial charge on any atom is -0.822 e. The van der Waals surface area contributed by atoms with Gasteiger partial charge in [0.05, 0.1) is 0 Å². The fraction of sp³-hybridized carbons (Fsp3) is 0. The number of H-pyrrole nitrogens is 1. The number of aromatic nitrogens is 1. The molecule has 0 saturated heterocycles. The Balaban J connectivity index is 0. The van der Waals surface area contributed by atoms with Crippen LogP contribution >= 0.6 is 7.82 Å². The molecule has 5 nitrogen and oxygen atoms in total. The zero-order valence-corrected chi connectivity index (χ0v) is 7.24. The molecule has 11 heavy (non-hydrogen) atoms. The van der Waals surface area contributed by atoms with Crippen LogP contribution in [0.25, 0.3) is 0 Å². The Morgan fingerprint density at radius 3 is 1.45 bits per heavy atom. The van der Waals surface area contributed by atoms with Gasteiger partial charge in [-0.3, -0.25) is 0 Å². The fourth-order valence-electron chi connectivity index (χ4n) is 0.278. The van der Waals surface area contributed by atoms with E-state index in [2.05, 4.69) is 4.98 Å². The van der Waals surface area contributed by atoms with Crippen molar-refractivity contribution in [3.05, 3.63) is 24.5 Å². The second kappa shape index (κ2) is 6.61.